The van der Waals surface area contributed by atoms with Crippen molar-refractivity contribution in [1.29, 1.82) is 0 Å². The van der Waals surface area contributed by atoms with Gasteiger partial charge in [-0.2, -0.15) is 0 Å². The van der Waals surface area contributed by atoms with Crippen molar-refractivity contribution < 1.29 is 14.3 Å². The lowest BCUT2D eigenvalue weighted by Crippen LogP contribution is -2.19. The molecular weight excluding hydrogens is 410 g/mol. The smallest absolute Gasteiger partial charge is 0.242 e. The predicted octanol–water partition coefficient (Wildman–Crippen LogP) is 5.36. The number of aromatic amines is 1. The van der Waals surface area contributed by atoms with Crippen molar-refractivity contribution in [2.45, 2.75) is 17.3 Å². The van der Waals surface area contributed by atoms with Crippen molar-refractivity contribution in [3.05, 3.63) is 77.9 Å². The van der Waals surface area contributed by atoms with Crippen LogP contribution >= 0.6 is 11.8 Å². The van der Waals surface area contributed by atoms with Crippen LogP contribution in [0.5, 0.6) is 11.5 Å². The van der Waals surface area contributed by atoms with E-state index in [1.165, 1.54) is 11.8 Å². The summed E-state index contributed by atoms with van der Waals surface area (Å²) in [6.07, 6.45) is 0. The van der Waals surface area contributed by atoms with Gasteiger partial charge in [0.1, 0.15) is 16.7 Å². The molecule has 1 aromatic heterocycles. The number of anilines is 1. The minimum absolute atomic E-state index is 0.155. The van der Waals surface area contributed by atoms with Gasteiger partial charge >= 0.3 is 0 Å². The number of rotatable bonds is 7. The molecule has 0 aliphatic carbocycles. The first-order valence-electron chi connectivity index (χ1n) is 9.78. The maximum atomic E-state index is 13.4. The van der Waals surface area contributed by atoms with Crippen LogP contribution in [0, 0.1) is 6.92 Å². The molecule has 158 valence electrons. The topological polar surface area (TPSA) is 76.2 Å². The number of ether oxygens (including phenoxy) is 2. The maximum Gasteiger partial charge on any atom is 0.242 e. The normalized spacial score (nSPS) is 11.8. The van der Waals surface area contributed by atoms with E-state index in [-0.39, 0.29) is 5.91 Å². The van der Waals surface area contributed by atoms with E-state index in [4.69, 9.17) is 9.47 Å². The van der Waals surface area contributed by atoms with Gasteiger partial charge in [0.25, 0.3) is 0 Å². The van der Waals surface area contributed by atoms with Gasteiger partial charge in [0.05, 0.1) is 30.9 Å². The van der Waals surface area contributed by atoms with E-state index in [0.717, 1.165) is 27.9 Å². The Labute approximate surface area is 185 Å². The Hall–Kier alpha value is -3.45. The number of nitrogens with one attached hydrogen (secondary N) is 2. The quantitative estimate of drug-likeness (QED) is 0.384. The number of hydrogen-bond acceptors (Lipinski definition) is 5. The summed E-state index contributed by atoms with van der Waals surface area (Å²) in [6, 6.07) is 21.0. The molecule has 0 aliphatic heterocycles. The Morgan fingerprint density at radius 1 is 1.03 bits per heavy atom. The Balaban J connectivity index is 1.65. The fourth-order valence-corrected chi connectivity index (χ4v) is 4.28. The van der Waals surface area contributed by atoms with Crippen LogP contribution in [0.25, 0.3) is 11.0 Å². The second-order valence-corrected chi connectivity index (χ2v) is 8.12. The van der Waals surface area contributed by atoms with Crippen molar-refractivity contribution in [2.24, 2.45) is 0 Å². The van der Waals surface area contributed by atoms with Crippen LogP contribution in [0.1, 0.15) is 16.4 Å². The highest BCUT2D eigenvalue weighted by atomic mass is 32.2. The zero-order valence-corrected chi connectivity index (χ0v) is 18.3. The van der Waals surface area contributed by atoms with Crippen LogP contribution in [0.3, 0.4) is 0 Å². The number of imidazole rings is 1. The van der Waals surface area contributed by atoms with Crippen LogP contribution in [0.15, 0.2) is 71.9 Å². The molecular formula is C24H23N3O3S. The number of carbonyl (C=O) groups is 1. The average Bonchev–Trinajstić information content (AvgIpc) is 3.20. The lowest BCUT2D eigenvalue weighted by Gasteiger charge is -2.17. The molecule has 0 bridgehead atoms. The Bertz CT molecular complexity index is 1210. The van der Waals surface area contributed by atoms with E-state index in [1.807, 2.05) is 73.7 Å². The van der Waals surface area contributed by atoms with E-state index in [2.05, 4.69) is 15.3 Å². The van der Waals surface area contributed by atoms with E-state index in [1.54, 1.807) is 14.2 Å². The lowest BCUT2D eigenvalue weighted by atomic mass is 10.1. The van der Waals surface area contributed by atoms with Crippen molar-refractivity contribution in [3.8, 4) is 11.5 Å². The third-order valence-electron chi connectivity index (χ3n) is 4.85. The van der Waals surface area contributed by atoms with E-state index < -0.39 is 5.25 Å². The lowest BCUT2D eigenvalue weighted by molar-refractivity contribution is -0.115. The number of thioether (sulfide) groups is 1. The molecule has 3 aromatic carbocycles. The number of amides is 1. The summed E-state index contributed by atoms with van der Waals surface area (Å²) in [7, 11) is 3.22. The Morgan fingerprint density at radius 2 is 1.84 bits per heavy atom. The maximum absolute atomic E-state index is 13.4. The summed E-state index contributed by atoms with van der Waals surface area (Å²) in [4.78, 5) is 21.3. The van der Waals surface area contributed by atoms with Gasteiger partial charge in [-0.25, -0.2) is 4.98 Å². The van der Waals surface area contributed by atoms with Crippen LogP contribution in [0.4, 0.5) is 5.69 Å². The summed E-state index contributed by atoms with van der Waals surface area (Å²) in [6.45, 7) is 1.97. The van der Waals surface area contributed by atoms with Crippen LogP contribution < -0.4 is 14.8 Å². The number of nitrogens with zero attached hydrogens (tertiary/aromatic N) is 1. The van der Waals surface area contributed by atoms with Gasteiger partial charge in [0.2, 0.25) is 5.91 Å². The molecule has 1 heterocycles. The number of hydrogen-bond donors (Lipinski definition) is 2. The molecule has 0 saturated heterocycles. The van der Waals surface area contributed by atoms with Gasteiger partial charge in [-0.3, -0.25) is 4.79 Å². The molecule has 4 aromatic rings. The highest BCUT2D eigenvalue weighted by molar-refractivity contribution is 8.00. The van der Waals surface area contributed by atoms with Crippen LogP contribution in [-0.2, 0) is 4.79 Å². The van der Waals surface area contributed by atoms with Crippen LogP contribution in [0.2, 0.25) is 0 Å². The van der Waals surface area contributed by atoms with Crippen molar-refractivity contribution >= 4 is 34.4 Å². The molecule has 0 aliphatic rings. The first kappa shape index (κ1) is 20.8. The molecule has 0 saturated carbocycles. The third kappa shape index (κ3) is 4.67. The minimum Gasteiger partial charge on any atom is -0.497 e. The fraction of sp³-hybridized carbons (Fsp3) is 0.167. The van der Waals surface area contributed by atoms with Crippen LogP contribution in [-0.4, -0.2) is 30.1 Å². The van der Waals surface area contributed by atoms with Gasteiger partial charge in [-0.15, -0.1) is 0 Å². The monoisotopic (exact) mass is 433 g/mol. The SMILES string of the molecule is COc1ccc2nc(SC(C(=O)Nc3cc(C)ccc3OC)c3ccccc3)[nH]c2c1. The largest absolute Gasteiger partial charge is 0.497 e. The Morgan fingerprint density at radius 3 is 2.58 bits per heavy atom. The average molecular weight is 434 g/mol. The Kier molecular flexibility index (Phi) is 6.13. The standard InChI is InChI=1S/C24H23N3O3S/c1-15-9-12-21(30-3)20(13-15)25-23(28)22(16-7-5-4-6-8-16)31-24-26-18-11-10-17(29-2)14-19(18)27-24/h4-14,22H,1-3H3,(H,25,28)(H,26,27). The van der Waals surface area contributed by atoms with Gasteiger partial charge in [-0.05, 0) is 42.3 Å². The molecule has 2 N–H and O–H groups in total. The summed E-state index contributed by atoms with van der Waals surface area (Å²) in [5, 5.41) is 3.18. The molecule has 1 amide bonds. The van der Waals surface area contributed by atoms with Gasteiger partial charge in [0.15, 0.2) is 5.16 Å². The highest BCUT2D eigenvalue weighted by Gasteiger charge is 2.24. The van der Waals surface area contributed by atoms with E-state index >= 15 is 0 Å². The number of aryl methyl sites for hydroxylation is 1. The summed E-state index contributed by atoms with van der Waals surface area (Å²) in [5.41, 5.74) is 4.23. The number of aromatic nitrogens is 2. The minimum atomic E-state index is -0.506. The molecule has 1 unspecified atom stereocenters. The number of fused-ring (bicyclic) bond motifs is 1. The van der Waals surface area contributed by atoms with E-state index in [9.17, 15) is 4.79 Å². The number of benzene rings is 3. The number of carbonyl (C=O) groups excluding carboxylic acids is 1. The fourth-order valence-electron chi connectivity index (χ4n) is 3.28. The first-order valence-corrected chi connectivity index (χ1v) is 10.7. The summed E-state index contributed by atoms with van der Waals surface area (Å²) < 4.78 is 10.7. The molecule has 0 fully saturated rings. The van der Waals surface area contributed by atoms with Crippen molar-refractivity contribution in [3.63, 3.8) is 0 Å². The van der Waals surface area contributed by atoms with Gasteiger partial charge in [-0.1, -0.05) is 48.2 Å². The second-order valence-electron chi connectivity index (χ2n) is 7.03. The molecule has 6 nitrogen and oxygen atoms in total. The molecule has 0 radical (unpaired) electrons. The van der Waals surface area contributed by atoms with Gasteiger partial charge in [0, 0.05) is 6.07 Å². The van der Waals surface area contributed by atoms with Crippen molar-refractivity contribution in [1.82, 2.24) is 9.97 Å². The molecule has 0 spiro atoms. The number of methoxy groups -OCH3 is 2. The van der Waals surface area contributed by atoms with E-state index in [0.29, 0.717) is 16.6 Å². The molecule has 1 atom stereocenters. The molecule has 7 heteroatoms. The zero-order valence-electron chi connectivity index (χ0n) is 17.5. The third-order valence-corrected chi connectivity index (χ3v) is 5.99. The number of H-pyrrole nitrogens is 1. The van der Waals surface area contributed by atoms with Crippen molar-refractivity contribution in [2.75, 3.05) is 19.5 Å². The first-order chi connectivity index (χ1) is 15.1. The molecule has 4 rings (SSSR count). The second kappa shape index (κ2) is 9.14. The summed E-state index contributed by atoms with van der Waals surface area (Å²) >= 11 is 1.37. The molecule has 31 heavy (non-hydrogen) atoms. The predicted molar refractivity (Wildman–Crippen MR) is 124 cm³/mol. The summed E-state index contributed by atoms with van der Waals surface area (Å²) in [5.74, 6) is 1.21. The highest BCUT2D eigenvalue weighted by Crippen LogP contribution is 2.37. The zero-order chi connectivity index (χ0) is 21.8. The van der Waals surface area contributed by atoms with Gasteiger partial charge < -0.3 is 19.8 Å².